The fraction of sp³-hybridized carbons (Fsp3) is 0.429. The summed E-state index contributed by atoms with van der Waals surface area (Å²) in [6.07, 6.45) is 0. The van der Waals surface area contributed by atoms with E-state index >= 15 is 0 Å². The van der Waals surface area contributed by atoms with E-state index in [0.29, 0.717) is 6.67 Å². The van der Waals surface area contributed by atoms with Crippen LogP contribution in [0.3, 0.4) is 0 Å². The Morgan fingerprint density at radius 1 is 1.36 bits per heavy atom. The van der Waals surface area contributed by atoms with Crippen LogP contribution < -0.4 is 10.1 Å². The van der Waals surface area contributed by atoms with E-state index in [2.05, 4.69) is 15.3 Å². The van der Waals surface area contributed by atoms with Crippen LogP contribution in [0.5, 0.6) is 5.75 Å². The second-order valence-corrected chi connectivity index (χ2v) is 6.49. The largest absolute Gasteiger partial charge is 0.495 e. The number of methoxy groups -OCH3 is 1. The van der Waals surface area contributed by atoms with Crippen molar-refractivity contribution in [3.05, 3.63) is 28.2 Å². The van der Waals surface area contributed by atoms with Crippen LogP contribution in [0.25, 0.3) is 0 Å². The average Bonchev–Trinajstić information content (AvgIpc) is 2.88. The monoisotopic (exact) mass is 338 g/mol. The van der Waals surface area contributed by atoms with Crippen LogP contribution in [0.4, 0.5) is 10.8 Å². The van der Waals surface area contributed by atoms with Crippen molar-refractivity contribution in [2.24, 2.45) is 0 Å². The molecule has 0 unspecified atom stereocenters. The lowest BCUT2D eigenvalue weighted by atomic mass is 10.3. The van der Waals surface area contributed by atoms with Gasteiger partial charge < -0.3 is 14.8 Å². The maximum atomic E-state index is 5.41. The average molecular weight is 338 g/mol. The molecule has 1 N–H and O–H groups in total. The molecule has 1 aliphatic heterocycles. The number of anilines is 2. The summed E-state index contributed by atoms with van der Waals surface area (Å²) in [7, 11) is 1.65. The quantitative estimate of drug-likeness (QED) is 0.846. The summed E-state index contributed by atoms with van der Waals surface area (Å²) in [5.41, 5.74) is 0.882. The summed E-state index contributed by atoms with van der Waals surface area (Å²) in [6, 6.07) is 7.75. The summed E-state index contributed by atoms with van der Waals surface area (Å²) in [5.74, 6) is 0.781. The van der Waals surface area contributed by atoms with Crippen molar-refractivity contribution >= 4 is 34.4 Å². The van der Waals surface area contributed by atoms with Gasteiger partial charge in [-0.1, -0.05) is 23.5 Å². The van der Waals surface area contributed by atoms with Gasteiger partial charge in [-0.05, 0) is 24.4 Å². The lowest BCUT2D eigenvalue weighted by Crippen LogP contribution is -2.37. The number of hydrogen-bond donors (Lipinski definition) is 1. The third-order valence-electron chi connectivity index (χ3n) is 3.39. The molecule has 1 aromatic heterocycles. The van der Waals surface area contributed by atoms with Crippen LogP contribution >= 0.6 is 23.6 Å². The Kier molecular flexibility index (Phi) is 5.04. The van der Waals surface area contributed by atoms with Gasteiger partial charge in [-0.15, -0.1) is 5.10 Å². The molecule has 0 radical (unpaired) electrons. The Morgan fingerprint density at radius 2 is 2.14 bits per heavy atom. The molecule has 0 saturated carbocycles. The molecule has 3 rings (SSSR count). The summed E-state index contributed by atoms with van der Waals surface area (Å²) in [4.78, 5) is 2.28. The van der Waals surface area contributed by atoms with Gasteiger partial charge in [-0.3, -0.25) is 4.90 Å². The maximum absolute atomic E-state index is 5.41. The van der Waals surface area contributed by atoms with Crippen molar-refractivity contribution in [3.63, 3.8) is 0 Å². The second-order valence-electron chi connectivity index (χ2n) is 4.87. The maximum Gasteiger partial charge on any atom is 0.209 e. The summed E-state index contributed by atoms with van der Waals surface area (Å²) in [5, 5.41) is 8.60. The van der Waals surface area contributed by atoms with Gasteiger partial charge in [-0.25, -0.2) is 4.68 Å². The van der Waals surface area contributed by atoms with Crippen molar-refractivity contribution in [3.8, 4) is 5.75 Å². The first-order chi connectivity index (χ1) is 10.8. The molecule has 1 fully saturated rings. The highest BCUT2D eigenvalue weighted by Crippen LogP contribution is 2.28. The first-order valence-corrected chi connectivity index (χ1v) is 8.27. The molecule has 6 nitrogen and oxygen atoms in total. The molecule has 2 aromatic rings. The van der Waals surface area contributed by atoms with Crippen molar-refractivity contribution < 1.29 is 9.47 Å². The summed E-state index contributed by atoms with van der Waals surface area (Å²) in [6.45, 7) is 4.06. The molecule has 1 aromatic carbocycles. The van der Waals surface area contributed by atoms with E-state index in [1.165, 1.54) is 11.3 Å². The Balaban J connectivity index is 1.73. The van der Waals surface area contributed by atoms with Gasteiger partial charge in [0.15, 0.2) is 3.95 Å². The number of para-hydroxylation sites is 2. The third-order valence-corrected chi connectivity index (χ3v) is 4.62. The molecular formula is C14H18N4O2S2. The Morgan fingerprint density at radius 3 is 2.91 bits per heavy atom. The highest BCUT2D eigenvalue weighted by molar-refractivity contribution is 7.73. The minimum Gasteiger partial charge on any atom is -0.495 e. The minimum absolute atomic E-state index is 0.701. The predicted molar refractivity (Wildman–Crippen MR) is 89.6 cm³/mol. The topological polar surface area (TPSA) is 51.5 Å². The van der Waals surface area contributed by atoms with Gasteiger partial charge in [-0.2, -0.15) is 0 Å². The van der Waals surface area contributed by atoms with Crippen molar-refractivity contribution in [1.29, 1.82) is 0 Å². The SMILES string of the molecule is COc1ccccc1Nc1nn(CN2CCOCC2)c(=S)s1. The first kappa shape index (κ1) is 15.4. The van der Waals surface area contributed by atoms with Crippen LogP contribution in [0.15, 0.2) is 24.3 Å². The number of ether oxygens (including phenoxy) is 2. The molecule has 0 atom stereocenters. The fourth-order valence-electron chi connectivity index (χ4n) is 2.24. The minimum atomic E-state index is 0.701. The van der Waals surface area contributed by atoms with E-state index in [1.807, 2.05) is 28.9 Å². The van der Waals surface area contributed by atoms with E-state index in [-0.39, 0.29) is 0 Å². The molecule has 118 valence electrons. The molecule has 2 heterocycles. The summed E-state index contributed by atoms with van der Waals surface area (Å²) < 4.78 is 13.3. The molecule has 0 aliphatic carbocycles. The van der Waals surface area contributed by atoms with Gasteiger partial charge in [0.25, 0.3) is 0 Å². The summed E-state index contributed by atoms with van der Waals surface area (Å²) >= 11 is 6.87. The second kappa shape index (κ2) is 7.19. The molecule has 0 spiro atoms. The number of morpholine rings is 1. The van der Waals surface area contributed by atoms with Crippen LogP contribution in [-0.4, -0.2) is 48.1 Å². The molecule has 0 amide bonds. The van der Waals surface area contributed by atoms with E-state index in [4.69, 9.17) is 21.7 Å². The molecule has 8 heteroatoms. The van der Waals surface area contributed by atoms with E-state index in [0.717, 1.165) is 46.8 Å². The highest BCUT2D eigenvalue weighted by Gasteiger charge is 2.13. The standard InChI is InChI=1S/C14H18N4O2S2/c1-19-12-5-3-2-4-11(12)15-13-16-18(14(21)22-13)10-17-6-8-20-9-7-17/h2-5H,6-10H2,1H3,(H,15,16). The Hall–Kier alpha value is -1.48. The zero-order valence-electron chi connectivity index (χ0n) is 12.3. The zero-order valence-corrected chi connectivity index (χ0v) is 14.0. The van der Waals surface area contributed by atoms with E-state index in [9.17, 15) is 0 Å². The lowest BCUT2D eigenvalue weighted by molar-refractivity contribution is 0.0212. The molecule has 0 bridgehead atoms. The number of aromatic nitrogens is 2. The Bertz CT molecular complexity index is 679. The smallest absolute Gasteiger partial charge is 0.209 e. The molecular weight excluding hydrogens is 320 g/mol. The van der Waals surface area contributed by atoms with Crippen molar-refractivity contribution in [2.45, 2.75) is 6.67 Å². The van der Waals surface area contributed by atoms with Crippen LogP contribution in [-0.2, 0) is 11.4 Å². The van der Waals surface area contributed by atoms with Gasteiger partial charge in [0.2, 0.25) is 5.13 Å². The van der Waals surface area contributed by atoms with E-state index in [1.54, 1.807) is 7.11 Å². The number of benzene rings is 1. The molecule has 1 aliphatic rings. The van der Waals surface area contributed by atoms with Gasteiger partial charge in [0.1, 0.15) is 5.75 Å². The van der Waals surface area contributed by atoms with Crippen molar-refractivity contribution in [1.82, 2.24) is 14.7 Å². The van der Waals surface area contributed by atoms with Crippen LogP contribution in [0.1, 0.15) is 0 Å². The lowest BCUT2D eigenvalue weighted by Gasteiger charge is -2.26. The number of rotatable bonds is 5. The van der Waals surface area contributed by atoms with Gasteiger partial charge in [0, 0.05) is 13.1 Å². The first-order valence-electron chi connectivity index (χ1n) is 7.04. The number of nitrogens with one attached hydrogen (secondary N) is 1. The molecule has 1 saturated heterocycles. The van der Waals surface area contributed by atoms with Gasteiger partial charge >= 0.3 is 0 Å². The third kappa shape index (κ3) is 3.64. The normalized spacial score (nSPS) is 15.7. The number of nitrogens with zero attached hydrogens (tertiary/aromatic N) is 3. The van der Waals surface area contributed by atoms with Crippen molar-refractivity contribution in [2.75, 3.05) is 38.7 Å². The predicted octanol–water partition coefficient (Wildman–Crippen LogP) is 2.72. The van der Waals surface area contributed by atoms with Crippen LogP contribution in [0, 0.1) is 3.95 Å². The van der Waals surface area contributed by atoms with Gasteiger partial charge in [0.05, 0.1) is 32.7 Å². The Labute approximate surface area is 138 Å². The number of hydrogen-bond acceptors (Lipinski definition) is 7. The zero-order chi connectivity index (χ0) is 15.4. The highest BCUT2D eigenvalue weighted by atomic mass is 32.1. The van der Waals surface area contributed by atoms with E-state index < -0.39 is 0 Å². The van der Waals surface area contributed by atoms with Crippen LogP contribution in [0.2, 0.25) is 0 Å². The fourth-order valence-corrected chi connectivity index (χ4v) is 3.25. The molecule has 22 heavy (non-hydrogen) atoms.